The molecule has 0 aliphatic carbocycles. The largest absolute Gasteiger partial charge is 0.273 e. The summed E-state index contributed by atoms with van der Waals surface area (Å²) in [5.74, 6) is 0.820. The minimum absolute atomic E-state index is 0.0366. The molecule has 3 rings (SSSR count). The lowest BCUT2D eigenvalue weighted by Crippen LogP contribution is -2.18. The summed E-state index contributed by atoms with van der Waals surface area (Å²) in [5.41, 5.74) is 1.20. The molecule has 2 aliphatic rings. The molecule has 2 heterocycles. The van der Waals surface area contributed by atoms with E-state index in [1.807, 2.05) is 23.2 Å². The molecule has 2 aliphatic heterocycles. The van der Waals surface area contributed by atoms with Gasteiger partial charge >= 0.3 is 0 Å². The van der Waals surface area contributed by atoms with E-state index in [-0.39, 0.29) is 5.91 Å². The molecule has 0 atom stereocenters. The third-order valence-electron chi connectivity index (χ3n) is 3.00. The van der Waals surface area contributed by atoms with E-state index in [1.165, 1.54) is 17.3 Å². The molecule has 0 N–H and O–H groups in total. The molecule has 0 bridgehead atoms. The first-order valence-corrected chi connectivity index (χ1v) is 8.61. The number of benzene rings is 1. The second-order valence-electron chi connectivity index (χ2n) is 4.61. The number of hydrogen-bond acceptors (Lipinski definition) is 5. The van der Waals surface area contributed by atoms with Crippen molar-refractivity contribution in [1.82, 2.24) is 5.01 Å². The van der Waals surface area contributed by atoms with Gasteiger partial charge in [0, 0.05) is 18.7 Å². The fourth-order valence-corrected chi connectivity index (χ4v) is 3.82. The molecule has 1 aromatic carbocycles. The van der Waals surface area contributed by atoms with Crippen LogP contribution in [-0.2, 0) is 4.79 Å². The molecule has 1 aromatic rings. The number of carbonyl (C=O) groups excluding carboxylic acids is 1. The minimum atomic E-state index is -0.0366. The van der Waals surface area contributed by atoms with Gasteiger partial charge in [0.2, 0.25) is 5.91 Å². The zero-order valence-corrected chi connectivity index (χ0v) is 13.1. The Bertz CT molecular complexity index is 611. The van der Waals surface area contributed by atoms with Crippen LogP contribution in [0, 0.1) is 0 Å². The van der Waals surface area contributed by atoms with Gasteiger partial charge in [-0.2, -0.15) is 10.1 Å². The highest BCUT2D eigenvalue weighted by atomic mass is 32.2. The zero-order chi connectivity index (χ0) is 14.5. The second-order valence-corrected chi connectivity index (χ2v) is 6.83. The van der Waals surface area contributed by atoms with Crippen LogP contribution in [-0.4, -0.2) is 32.8 Å². The van der Waals surface area contributed by atoms with Gasteiger partial charge in [0.15, 0.2) is 9.54 Å². The van der Waals surface area contributed by atoms with Crippen molar-refractivity contribution < 1.29 is 4.79 Å². The third-order valence-corrected chi connectivity index (χ3v) is 5.03. The molecule has 21 heavy (non-hydrogen) atoms. The third kappa shape index (κ3) is 3.98. The van der Waals surface area contributed by atoms with E-state index < -0.39 is 0 Å². The van der Waals surface area contributed by atoms with Crippen LogP contribution in [0.15, 0.2) is 46.5 Å². The van der Waals surface area contributed by atoms with Gasteiger partial charge in [0.05, 0.1) is 0 Å². The van der Waals surface area contributed by atoms with Crippen molar-refractivity contribution in [2.45, 2.75) is 12.8 Å². The highest BCUT2D eigenvalue weighted by Gasteiger charge is 2.26. The van der Waals surface area contributed by atoms with Crippen molar-refractivity contribution in [3.63, 3.8) is 0 Å². The standard InChI is InChI=1S/C15H15N3OS2/c19-13-9-4-10-18-14(16-13)21-15(17-18)20-11-5-8-12-6-2-1-3-7-12/h1-3,5-8H,4,9-11H2/b8-5+. The SMILES string of the molecule is O=C1CCCN2N=C(SC/C=C/c3ccccc3)SC2=N1. The summed E-state index contributed by atoms with van der Waals surface area (Å²) in [5, 5.41) is 7.08. The van der Waals surface area contributed by atoms with Crippen molar-refractivity contribution in [2.75, 3.05) is 12.3 Å². The number of rotatable bonds is 3. The maximum atomic E-state index is 11.5. The van der Waals surface area contributed by atoms with E-state index in [4.69, 9.17) is 0 Å². The Balaban J connectivity index is 1.53. The maximum absolute atomic E-state index is 11.5. The minimum Gasteiger partial charge on any atom is -0.273 e. The van der Waals surface area contributed by atoms with Gasteiger partial charge in [-0.25, -0.2) is 5.01 Å². The Morgan fingerprint density at radius 1 is 1.33 bits per heavy atom. The summed E-state index contributed by atoms with van der Waals surface area (Å²) in [7, 11) is 0. The Morgan fingerprint density at radius 3 is 3.05 bits per heavy atom. The van der Waals surface area contributed by atoms with Crippen LogP contribution >= 0.6 is 23.5 Å². The van der Waals surface area contributed by atoms with Crippen LogP contribution in [0.3, 0.4) is 0 Å². The van der Waals surface area contributed by atoms with Crippen molar-refractivity contribution in [3.05, 3.63) is 42.0 Å². The predicted molar refractivity (Wildman–Crippen MR) is 91.3 cm³/mol. The molecule has 6 heteroatoms. The average molecular weight is 317 g/mol. The Kier molecular flexibility index (Phi) is 4.77. The van der Waals surface area contributed by atoms with Crippen molar-refractivity contribution >= 4 is 45.1 Å². The van der Waals surface area contributed by atoms with Crippen LogP contribution in [0.25, 0.3) is 6.08 Å². The first-order chi connectivity index (χ1) is 10.3. The van der Waals surface area contributed by atoms with Gasteiger partial charge in [-0.1, -0.05) is 54.2 Å². The lowest BCUT2D eigenvalue weighted by Gasteiger charge is -2.08. The Hall–Kier alpha value is -1.53. The van der Waals surface area contributed by atoms with E-state index in [1.54, 1.807) is 11.8 Å². The summed E-state index contributed by atoms with van der Waals surface area (Å²) in [4.78, 5) is 15.5. The van der Waals surface area contributed by atoms with Gasteiger partial charge in [-0.05, 0) is 23.7 Å². The van der Waals surface area contributed by atoms with Crippen LogP contribution in [0.4, 0.5) is 0 Å². The predicted octanol–water partition coefficient (Wildman–Crippen LogP) is 3.43. The van der Waals surface area contributed by atoms with Gasteiger partial charge < -0.3 is 0 Å². The van der Waals surface area contributed by atoms with E-state index in [0.29, 0.717) is 6.42 Å². The normalized spacial score (nSPS) is 18.5. The fraction of sp³-hybridized carbons (Fsp3) is 0.267. The average Bonchev–Trinajstić information content (AvgIpc) is 2.78. The lowest BCUT2D eigenvalue weighted by atomic mass is 10.2. The number of fused-ring (bicyclic) bond motifs is 1. The number of hydrogen-bond donors (Lipinski definition) is 0. The number of thioether (sulfide) groups is 2. The molecular formula is C15H15N3OS2. The molecule has 108 valence electrons. The molecule has 0 saturated heterocycles. The van der Waals surface area contributed by atoms with Crippen molar-refractivity contribution in [2.24, 2.45) is 10.1 Å². The van der Waals surface area contributed by atoms with Crippen LogP contribution < -0.4 is 0 Å². The summed E-state index contributed by atoms with van der Waals surface area (Å²) in [6, 6.07) is 10.2. The van der Waals surface area contributed by atoms with Gasteiger partial charge in [-0.3, -0.25) is 4.79 Å². The van der Waals surface area contributed by atoms with E-state index >= 15 is 0 Å². The monoisotopic (exact) mass is 317 g/mol. The molecule has 0 saturated carbocycles. The molecule has 0 fully saturated rings. The number of aliphatic imine (C=N–C) groups is 1. The summed E-state index contributed by atoms with van der Waals surface area (Å²) in [6.07, 6.45) is 5.58. The Morgan fingerprint density at radius 2 is 2.19 bits per heavy atom. The first kappa shape index (κ1) is 14.4. The van der Waals surface area contributed by atoms with Gasteiger partial charge in [0.1, 0.15) is 0 Å². The number of amides is 1. The van der Waals surface area contributed by atoms with Crippen LogP contribution in [0.1, 0.15) is 18.4 Å². The number of amidine groups is 1. The van der Waals surface area contributed by atoms with Crippen LogP contribution in [0.2, 0.25) is 0 Å². The van der Waals surface area contributed by atoms with Crippen molar-refractivity contribution in [3.8, 4) is 0 Å². The van der Waals surface area contributed by atoms with E-state index in [0.717, 1.165) is 28.3 Å². The maximum Gasteiger partial charge on any atom is 0.248 e. The molecule has 4 nitrogen and oxygen atoms in total. The zero-order valence-electron chi connectivity index (χ0n) is 11.4. The molecule has 0 spiro atoms. The highest BCUT2D eigenvalue weighted by Crippen LogP contribution is 2.29. The molecule has 1 amide bonds. The van der Waals surface area contributed by atoms with E-state index in [9.17, 15) is 4.79 Å². The smallest absolute Gasteiger partial charge is 0.248 e. The Labute approximate surface area is 132 Å². The molecule has 0 radical (unpaired) electrons. The number of nitrogens with zero attached hydrogens (tertiary/aromatic N) is 3. The number of hydrazone groups is 1. The fourth-order valence-electron chi connectivity index (χ4n) is 1.99. The first-order valence-electron chi connectivity index (χ1n) is 6.81. The molecular weight excluding hydrogens is 302 g/mol. The van der Waals surface area contributed by atoms with Gasteiger partial charge in [-0.15, -0.1) is 0 Å². The number of carbonyl (C=O) groups is 1. The summed E-state index contributed by atoms with van der Waals surface area (Å²) >= 11 is 3.16. The molecule has 0 unspecified atom stereocenters. The van der Waals surface area contributed by atoms with E-state index in [2.05, 4.69) is 34.4 Å². The summed E-state index contributed by atoms with van der Waals surface area (Å²) < 4.78 is 0.959. The van der Waals surface area contributed by atoms with Crippen molar-refractivity contribution in [1.29, 1.82) is 0 Å². The van der Waals surface area contributed by atoms with Crippen LogP contribution in [0.5, 0.6) is 0 Å². The molecule has 0 aromatic heterocycles. The lowest BCUT2D eigenvalue weighted by molar-refractivity contribution is -0.117. The van der Waals surface area contributed by atoms with Gasteiger partial charge in [0.25, 0.3) is 0 Å². The highest BCUT2D eigenvalue weighted by molar-refractivity contribution is 8.45. The topological polar surface area (TPSA) is 45.0 Å². The summed E-state index contributed by atoms with van der Waals surface area (Å²) in [6.45, 7) is 0.779. The second kappa shape index (κ2) is 6.95. The quantitative estimate of drug-likeness (QED) is 0.857.